The van der Waals surface area contributed by atoms with E-state index in [2.05, 4.69) is 15.4 Å². The summed E-state index contributed by atoms with van der Waals surface area (Å²) in [7, 11) is 0. The number of non-ortho nitro benzene ring substituents is 1. The second-order valence-electron chi connectivity index (χ2n) is 8.27. The van der Waals surface area contributed by atoms with Gasteiger partial charge in [-0.3, -0.25) is 14.9 Å². The molecule has 4 rings (SSSR count). The van der Waals surface area contributed by atoms with Gasteiger partial charge in [-0.15, -0.1) is 5.10 Å². The van der Waals surface area contributed by atoms with Crippen molar-refractivity contribution in [2.75, 3.05) is 11.9 Å². The largest absolute Gasteiger partial charge is 0.462 e. The van der Waals surface area contributed by atoms with Crippen molar-refractivity contribution in [1.82, 2.24) is 14.8 Å². The van der Waals surface area contributed by atoms with E-state index in [1.165, 1.54) is 24.3 Å². The lowest BCUT2D eigenvalue weighted by Crippen LogP contribution is -2.12. The third-order valence-electron chi connectivity index (χ3n) is 5.00. The molecule has 1 amide bonds. The van der Waals surface area contributed by atoms with Gasteiger partial charge in [-0.2, -0.15) is 4.98 Å². The lowest BCUT2D eigenvalue weighted by atomic mass is 10.2. The first kappa shape index (κ1) is 25.2. The van der Waals surface area contributed by atoms with Crippen molar-refractivity contribution >= 4 is 40.5 Å². The van der Waals surface area contributed by atoms with Crippen LogP contribution in [0.5, 0.6) is 6.01 Å². The van der Waals surface area contributed by atoms with Gasteiger partial charge in [0.2, 0.25) is 0 Å². The first-order valence-corrected chi connectivity index (χ1v) is 11.7. The number of nitro groups is 1. The third-order valence-corrected chi connectivity index (χ3v) is 5.74. The molecule has 0 aliphatic carbocycles. The molecule has 1 N–H and O–H groups in total. The minimum absolute atomic E-state index is 0.0925. The Morgan fingerprint density at radius 2 is 1.83 bits per heavy atom. The maximum atomic E-state index is 12.7. The zero-order valence-corrected chi connectivity index (χ0v) is 20.8. The molecule has 0 aliphatic rings. The summed E-state index contributed by atoms with van der Waals surface area (Å²) in [4.78, 5) is 27.6. The van der Waals surface area contributed by atoms with E-state index in [1.54, 1.807) is 41.1 Å². The van der Waals surface area contributed by atoms with Gasteiger partial charge in [-0.05, 0) is 54.4 Å². The predicted octanol–water partition coefficient (Wildman–Crippen LogP) is 6.44. The molecular weight excluding hydrogens is 505 g/mol. The molecule has 0 saturated heterocycles. The Kier molecular flexibility index (Phi) is 7.52. The van der Waals surface area contributed by atoms with Crippen LogP contribution < -0.4 is 10.1 Å². The second-order valence-corrected chi connectivity index (χ2v) is 9.09. The maximum Gasteiger partial charge on any atom is 0.336 e. The van der Waals surface area contributed by atoms with E-state index in [0.717, 1.165) is 0 Å². The molecule has 0 spiro atoms. The minimum Gasteiger partial charge on any atom is -0.462 e. The first-order chi connectivity index (χ1) is 17.2. The molecule has 0 aliphatic heterocycles. The molecule has 11 heteroatoms. The number of ether oxygens (including phenoxy) is 1. The number of nitrogens with one attached hydrogen (secondary N) is 1. The number of amides is 1. The molecule has 1 heterocycles. The molecule has 9 nitrogen and oxygen atoms in total. The fourth-order valence-electron chi connectivity index (χ4n) is 3.25. The number of carbonyl (C=O) groups excluding carboxylic acids is 1. The van der Waals surface area contributed by atoms with Gasteiger partial charge in [-0.25, -0.2) is 4.68 Å². The number of aromatic nitrogens is 3. The summed E-state index contributed by atoms with van der Waals surface area (Å²) in [5.41, 5.74) is 1.98. The molecule has 184 valence electrons. The van der Waals surface area contributed by atoms with Gasteiger partial charge in [0.15, 0.2) is 5.82 Å². The number of rotatable bonds is 8. The number of benzene rings is 3. The smallest absolute Gasteiger partial charge is 0.336 e. The van der Waals surface area contributed by atoms with Crippen LogP contribution in [0.4, 0.5) is 11.4 Å². The van der Waals surface area contributed by atoms with Crippen molar-refractivity contribution in [1.29, 1.82) is 0 Å². The van der Waals surface area contributed by atoms with Crippen LogP contribution in [0.3, 0.4) is 0 Å². The van der Waals surface area contributed by atoms with Crippen molar-refractivity contribution < 1.29 is 14.5 Å². The fourth-order valence-corrected chi connectivity index (χ4v) is 3.55. The maximum absolute atomic E-state index is 12.7. The summed E-state index contributed by atoms with van der Waals surface area (Å²) in [5.74, 6) is 0.348. The Bertz CT molecular complexity index is 1420. The molecule has 3 aromatic carbocycles. The van der Waals surface area contributed by atoms with E-state index < -0.39 is 10.8 Å². The highest BCUT2D eigenvalue weighted by molar-refractivity contribution is 6.42. The van der Waals surface area contributed by atoms with Crippen LogP contribution in [0.1, 0.15) is 24.2 Å². The van der Waals surface area contributed by atoms with Crippen LogP contribution in [0.25, 0.3) is 17.1 Å². The van der Waals surface area contributed by atoms with Gasteiger partial charge in [-0.1, -0.05) is 43.1 Å². The lowest BCUT2D eigenvalue weighted by Gasteiger charge is -2.10. The Labute approximate surface area is 216 Å². The topological polar surface area (TPSA) is 112 Å². The van der Waals surface area contributed by atoms with Crippen molar-refractivity contribution in [3.05, 3.63) is 92.5 Å². The summed E-state index contributed by atoms with van der Waals surface area (Å²) >= 11 is 12.3. The van der Waals surface area contributed by atoms with Crippen molar-refractivity contribution in [2.45, 2.75) is 13.8 Å². The SMILES string of the molecule is CC(C)COc1nc(-c2ccc(Cl)c(Cl)c2)n(-c2cccc(NC(=O)c3ccc([N+](=O)[O-])cc3)c2)n1. The zero-order valence-electron chi connectivity index (χ0n) is 19.3. The van der Waals surface area contributed by atoms with Crippen LogP contribution >= 0.6 is 23.2 Å². The number of nitrogens with zero attached hydrogens (tertiary/aromatic N) is 4. The molecule has 0 bridgehead atoms. The highest BCUT2D eigenvalue weighted by Gasteiger charge is 2.17. The van der Waals surface area contributed by atoms with E-state index in [9.17, 15) is 14.9 Å². The Hall–Kier alpha value is -3.95. The molecule has 4 aromatic rings. The Morgan fingerprint density at radius 1 is 1.08 bits per heavy atom. The summed E-state index contributed by atoms with van der Waals surface area (Å²) in [6, 6.07) is 17.7. The first-order valence-electron chi connectivity index (χ1n) is 10.9. The Morgan fingerprint density at radius 3 is 2.50 bits per heavy atom. The molecule has 1 aromatic heterocycles. The van der Waals surface area contributed by atoms with Gasteiger partial charge < -0.3 is 10.1 Å². The van der Waals surface area contributed by atoms with Crippen molar-refractivity contribution in [3.8, 4) is 23.1 Å². The number of nitro benzene ring substituents is 1. The van der Waals surface area contributed by atoms with Crippen LogP contribution in [-0.2, 0) is 0 Å². The van der Waals surface area contributed by atoms with E-state index >= 15 is 0 Å². The normalized spacial score (nSPS) is 10.9. The van der Waals surface area contributed by atoms with Crippen LogP contribution in [0, 0.1) is 16.0 Å². The van der Waals surface area contributed by atoms with Gasteiger partial charge >= 0.3 is 6.01 Å². The lowest BCUT2D eigenvalue weighted by molar-refractivity contribution is -0.384. The summed E-state index contributed by atoms with van der Waals surface area (Å²) in [6.07, 6.45) is 0. The summed E-state index contributed by atoms with van der Waals surface area (Å²) in [6.45, 7) is 4.48. The van der Waals surface area contributed by atoms with Gasteiger partial charge in [0, 0.05) is 28.9 Å². The summed E-state index contributed by atoms with van der Waals surface area (Å²) in [5, 5.41) is 19.0. The van der Waals surface area contributed by atoms with E-state index in [-0.39, 0.29) is 23.2 Å². The van der Waals surface area contributed by atoms with Gasteiger partial charge in [0.1, 0.15) is 0 Å². The van der Waals surface area contributed by atoms with E-state index in [4.69, 9.17) is 27.9 Å². The second kappa shape index (κ2) is 10.8. The molecule has 0 saturated carbocycles. The van der Waals surface area contributed by atoms with E-state index in [0.29, 0.717) is 39.4 Å². The van der Waals surface area contributed by atoms with Crippen LogP contribution in [-0.4, -0.2) is 32.2 Å². The highest BCUT2D eigenvalue weighted by Crippen LogP contribution is 2.30. The molecule has 0 radical (unpaired) electrons. The monoisotopic (exact) mass is 525 g/mol. The van der Waals surface area contributed by atoms with Crippen LogP contribution in [0.15, 0.2) is 66.7 Å². The van der Waals surface area contributed by atoms with Crippen molar-refractivity contribution in [3.63, 3.8) is 0 Å². The molecule has 0 atom stereocenters. The van der Waals surface area contributed by atoms with Gasteiger partial charge in [0.25, 0.3) is 11.6 Å². The quantitative estimate of drug-likeness (QED) is 0.209. The number of hydrogen-bond donors (Lipinski definition) is 1. The summed E-state index contributed by atoms with van der Waals surface area (Å²) < 4.78 is 7.34. The third kappa shape index (κ3) is 5.81. The molecule has 0 fully saturated rings. The standard InChI is InChI=1S/C25H21Cl2N5O4/c1-15(2)14-36-25-29-23(17-8-11-21(26)22(27)12-17)31(30-25)20-5-3-4-18(13-20)28-24(33)16-6-9-19(10-7-16)32(34)35/h3-13,15H,14H2,1-2H3,(H,28,33). The average molecular weight is 526 g/mol. The number of anilines is 1. The average Bonchev–Trinajstić information content (AvgIpc) is 3.29. The van der Waals surface area contributed by atoms with Gasteiger partial charge in [0.05, 0.1) is 27.3 Å². The Balaban J connectivity index is 1.66. The van der Waals surface area contributed by atoms with E-state index in [1.807, 2.05) is 19.9 Å². The fraction of sp³-hybridized carbons (Fsp3) is 0.160. The highest BCUT2D eigenvalue weighted by atomic mass is 35.5. The zero-order chi connectivity index (χ0) is 25.8. The molecule has 36 heavy (non-hydrogen) atoms. The van der Waals surface area contributed by atoms with Crippen LogP contribution in [0.2, 0.25) is 10.0 Å². The number of hydrogen-bond acceptors (Lipinski definition) is 6. The predicted molar refractivity (Wildman–Crippen MR) is 138 cm³/mol. The minimum atomic E-state index is -0.520. The molecule has 0 unspecified atom stereocenters. The number of carbonyl (C=O) groups is 1. The molecular formula is C25H21Cl2N5O4. The van der Waals surface area contributed by atoms with Crippen molar-refractivity contribution in [2.24, 2.45) is 5.92 Å². The number of halogens is 2.